The van der Waals surface area contributed by atoms with Crippen LogP contribution in [0.2, 0.25) is 0 Å². The van der Waals surface area contributed by atoms with Gasteiger partial charge < -0.3 is 4.42 Å². The van der Waals surface area contributed by atoms with Crippen molar-refractivity contribution in [3.63, 3.8) is 0 Å². The van der Waals surface area contributed by atoms with E-state index in [1.165, 1.54) is 11.8 Å². The molecule has 0 spiro atoms. The number of hydrazone groups is 1. The summed E-state index contributed by atoms with van der Waals surface area (Å²) in [7, 11) is 0. The van der Waals surface area contributed by atoms with E-state index in [0.717, 1.165) is 16.8 Å². The third-order valence-corrected chi connectivity index (χ3v) is 4.44. The molecule has 0 fully saturated rings. The van der Waals surface area contributed by atoms with Crippen LogP contribution in [0.1, 0.15) is 19.4 Å². The lowest BCUT2D eigenvalue weighted by atomic mass is 10.1. The Morgan fingerprint density at radius 3 is 2.62 bits per heavy atom. The fourth-order valence-corrected chi connectivity index (χ4v) is 2.72. The van der Waals surface area contributed by atoms with Crippen LogP contribution in [-0.2, 0) is 4.79 Å². The molecule has 0 bridgehead atoms. The van der Waals surface area contributed by atoms with Crippen LogP contribution in [0.25, 0.3) is 11.5 Å². The lowest BCUT2D eigenvalue weighted by Gasteiger charge is -2.07. The molecule has 1 atom stereocenters. The normalized spacial score (nSPS) is 12.6. The second-order valence-corrected chi connectivity index (χ2v) is 6.70. The van der Waals surface area contributed by atoms with Crippen molar-refractivity contribution in [3.8, 4) is 11.5 Å². The molecule has 7 nitrogen and oxygen atoms in total. The fourth-order valence-electron chi connectivity index (χ4n) is 2.05. The summed E-state index contributed by atoms with van der Waals surface area (Å²) in [4.78, 5) is 16.2. The van der Waals surface area contributed by atoms with Crippen molar-refractivity contribution in [3.05, 3.63) is 60.4 Å². The van der Waals surface area contributed by atoms with Gasteiger partial charge in [-0.2, -0.15) is 5.10 Å². The second kappa shape index (κ2) is 8.39. The molecular weight excluding hydrogens is 350 g/mol. The van der Waals surface area contributed by atoms with Gasteiger partial charge in [0.1, 0.15) is 0 Å². The molecule has 2 heterocycles. The number of thioether (sulfide) groups is 1. The first-order valence-corrected chi connectivity index (χ1v) is 8.81. The molecule has 8 heteroatoms. The minimum atomic E-state index is -0.437. The quantitative estimate of drug-likeness (QED) is 0.409. The Labute approximate surface area is 154 Å². The van der Waals surface area contributed by atoms with Gasteiger partial charge in [0.2, 0.25) is 5.89 Å². The molecule has 0 aliphatic heterocycles. The number of carbonyl (C=O) groups is 1. The summed E-state index contributed by atoms with van der Waals surface area (Å²) in [6.45, 7) is 3.59. The van der Waals surface area contributed by atoms with Gasteiger partial charge >= 0.3 is 0 Å². The zero-order chi connectivity index (χ0) is 18.4. The maximum absolute atomic E-state index is 12.2. The maximum Gasteiger partial charge on any atom is 0.277 e. The fraction of sp³-hybridized carbons (Fsp3) is 0.167. The van der Waals surface area contributed by atoms with Gasteiger partial charge in [0, 0.05) is 18.0 Å². The van der Waals surface area contributed by atoms with E-state index in [1.807, 2.05) is 37.3 Å². The zero-order valence-electron chi connectivity index (χ0n) is 14.3. The first kappa shape index (κ1) is 17.8. The Morgan fingerprint density at radius 2 is 1.88 bits per heavy atom. The molecule has 0 radical (unpaired) electrons. The third kappa shape index (κ3) is 4.54. The van der Waals surface area contributed by atoms with Gasteiger partial charge in [0.05, 0.1) is 11.0 Å². The van der Waals surface area contributed by atoms with Gasteiger partial charge in [-0.25, -0.2) is 5.43 Å². The first-order chi connectivity index (χ1) is 12.6. The average molecular weight is 367 g/mol. The van der Waals surface area contributed by atoms with E-state index in [9.17, 15) is 4.79 Å². The summed E-state index contributed by atoms with van der Waals surface area (Å²) in [5, 5.41) is 12.0. The molecule has 0 saturated carbocycles. The molecule has 0 saturated heterocycles. The summed E-state index contributed by atoms with van der Waals surface area (Å²) in [6.07, 6.45) is 3.30. The zero-order valence-corrected chi connectivity index (χ0v) is 15.1. The number of hydrogen-bond acceptors (Lipinski definition) is 7. The molecule has 3 aromatic rings. The van der Waals surface area contributed by atoms with Crippen LogP contribution >= 0.6 is 11.8 Å². The van der Waals surface area contributed by atoms with Crippen LogP contribution in [-0.4, -0.2) is 32.1 Å². The summed E-state index contributed by atoms with van der Waals surface area (Å²) in [6, 6.07) is 13.2. The molecular formula is C18H17N5O2S. The van der Waals surface area contributed by atoms with E-state index in [1.54, 1.807) is 31.5 Å². The van der Waals surface area contributed by atoms with E-state index in [0.29, 0.717) is 11.1 Å². The molecule has 2 aromatic heterocycles. The van der Waals surface area contributed by atoms with Gasteiger partial charge in [-0.1, -0.05) is 42.1 Å². The van der Waals surface area contributed by atoms with Crippen molar-refractivity contribution in [2.24, 2.45) is 5.10 Å². The topological polar surface area (TPSA) is 93.3 Å². The minimum Gasteiger partial charge on any atom is -0.411 e. The number of aromatic nitrogens is 3. The van der Waals surface area contributed by atoms with Crippen LogP contribution in [0.15, 0.2) is 69.6 Å². The smallest absolute Gasteiger partial charge is 0.277 e. The van der Waals surface area contributed by atoms with Gasteiger partial charge in [-0.3, -0.25) is 9.78 Å². The van der Waals surface area contributed by atoms with E-state index in [-0.39, 0.29) is 5.91 Å². The minimum absolute atomic E-state index is 0.242. The Morgan fingerprint density at radius 1 is 1.15 bits per heavy atom. The van der Waals surface area contributed by atoms with Crippen molar-refractivity contribution >= 4 is 23.4 Å². The molecule has 1 aromatic carbocycles. The number of carbonyl (C=O) groups excluding carboxylic acids is 1. The Hall–Kier alpha value is -3.00. The summed E-state index contributed by atoms with van der Waals surface area (Å²) in [5.74, 6) is 0.148. The largest absolute Gasteiger partial charge is 0.411 e. The van der Waals surface area contributed by atoms with E-state index in [2.05, 4.69) is 25.7 Å². The van der Waals surface area contributed by atoms with Crippen LogP contribution < -0.4 is 5.43 Å². The Balaban J connectivity index is 1.59. The molecule has 1 unspecified atom stereocenters. The predicted octanol–water partition coefficient (Wildman–Crippen LogP) is 3.15. The van der Waals surface area contributed by atoms with Crippen molar-refractivity contribution < 1.29 is 9.21 Å². The third-order valence-electron chi connectivity index (χ3n) is 3.51. The van der Waals surface area contributed by atoms with Gasteiger partial charge in [0.25, 0.3) is 11.1 Å². The second-order valence-electron chi connectivity index (χ2n) is 5.41. The molecule has 132 valence electrons. The van der Waals surface area contributed by atoms with Crippen LogP contribution in [0.3, 0.4) is 0 Å². The van der Waals surface area contributed by atoms with E-state index < -0.39 is 5.25 Å². The Bertz CT molecular complexity index is 896. The van der Waals surface area contributed by atoms with Crippen LogP contribution in [0.4, 0.5) is 0 Å². The number of rotatable bonds is 6. The number of pyridine rings is 1. The number of nitrogens with zero attached hydrogens (tertiary/aromatic N) is 4. The molecule has 0 aliphatic carbocycles. The summed E-state index contributed by atoms with van der Waals surface area (Å²) < 4.78 is 5.58. The van der Waals surface area contributed by atoms with Crippen molar-refractivity contribution in [2.45, 2.75) is 24.3 Å². The molecule has 3 rings (SSSR count). The number of benzene rings is 1. The highest BCUT2D eigenvalue weighted by Crippen LogP contribution is 2.25. The lowest BCUT2D eigenvalue weighted by molar-refractivity contribution is -0.120. The molecule has 26 heavy (non-hydrogen) atoms. The van der Waals surface area contributed by atoms with E-state index in [4.69, 9.17) is 4.42 Å². The molecule has 1 N–H and O–H groups in total. The number of hydrogen-bond donors (Lipinski definition) is 1. The standard InChI is InChI=1S/C18H17N5O2S/c1-12(14-6-4-3-5-7-14)20-21-16(24)13(2)26-18-23-22-17(25-18)15-8-10-19-11-9-15/h3-11,13H,1-2H3,(H,21,24)/b20-12+. The predicted molar refractivity (Wildman–Crippen MR) is 99.6 cm³/mol. The van der Waals surface area contributed by atoms with E-state index >= 15 is 0 Å². The van der Waals surface area contributed by atoms with Crippen molar-refractivity contribution in [1.29, 1.82) is 0 Å². The highest BCUT2D eigenvalue weighted by atomic mass is 32.2. The summed E-state index contributed by atoms with van der Waals surface area (Å²) in [5.41, 5.74) is 5.03. The highest BCUT2D eigenvalue weighted by molar-refractivity contribution is 8.00. The van der Waals surface area contributed by atoms with Gasteiger partial charge in [0.15, 0.2) is 0 Å². The SMILES string of the molecule is C/C(=N\NC(=O)C(C)Sc1nnc(-c2ccncc2)o1)c1ccccc1. The van der Waals surface area contributed by atoms with Crippen LogP contribution in [0, 0.1) is 0 Å². The van der Waals surface area contributed by atoms with Gasteiger partial charge in [-0.15, -0.1) is 10.2 Å². The number of nitrogens with one attached hydrogen (secondary N) is 1. The molecule has 1 amide bonds. The van der Waals surface area contributed by atoms with Crippen LogP contribution in [0.5, 0.6) is 0 Å². The van der Waals surface area contributed by atoms with Crippen molar-refractivity contribution in [2.75, 3.05) is 0 Å². The summed E-state index contributed by atoms with van der Waals surface area (Å²) >= 11 is 1.18. The highest BCUT2D eigenvalue weighted by Gasteiger charge is 2.18. The maximum atomic E-state index is 12.2. The van der Waals surface area contributed by atoms with Crippen molar-refractivity contribution in [1.82, 2.24) is 20.6 Å². The van der Waals surface area contributed by atoms with Gasteiger partial charge in [-0.05, 0) is 31.5 Å². The average Bonchev–Trinajstić information content (AvgIpc) is 3.15. The Kier molecular flexibility index (Phi) is 5.75. The number of amides is 1. The monoisotopic (exact) mass is 367 g/mol. The molecule has 0 aliphatic rings. The lowest BCUT2D eigenvalue weighted by Crippen LogP contribution is -2.27. The first-order valence-electron chi connectivity index (χ1n) is 7.93.